The number of carbonyl (C=O) groups excluding carboxylic acids is 2. The summed E-state index contributed by atoms with van der Waals surface area (Å²) in [6, 6.07) is 1.81. The van der Waals surface area contributed by atoms with Crippen molar-refractivity contribution in [2.75, 3.05) is 39.8 Å². The highest BCUT2D eigenvalue weighted by molar-refractivity contribution is 5.96. The van der Waals surface area contributed by atoms with Gasteiger partial charge in [-0.05, 0) is 12.0 Å². The molecule has 0 unspecified atom stereocenters. The molecule has 0 bridgehead atoms. The Labute approximate surface area is 152 Å². The number of esters is 1. The van der Waals surface area contributed by atoms with E-state index < -0.39 is 0 Å². The van der Waals surface area contributed by atoms with E-state index in [9.17, 15) is 9.59 Å². The maximum absolute atomic E-state index is 12.8. The van der Waals surface area contributed by atoms with Gasteiger partial charge < -0.3 is 14.2 Å². The van der Waals surface area contributed by atoms with Crippen LogP contribution < -0.4 is 0 Å². The Balaban J connectivity index is 1.66. The molecule has 0 atom stereocenters. The first-order chi connectivity index (χ1) is 12.5. The largest absolute Gasteiger partial charge is 0.468 e. The molecule has 1 aliphatic rings. The molecule has 1 fully saturated rings. The summed E-state index contributed by atoms with van der Waals surface area (Å²) in [7, 11) is 1.38. The van der Waals surface area contributed by atoms with Gasteiger partial charge in [-0.1, -0.05) is 13.8 Å². The van der Waals surface area contributed by atoms with Crippen molar-refractivity contribution in [2.45, 2.75) is 20.4 Å². The fourth-order valence-corrected chi connectivity index (χ4v) is 3.13. The molecule has 3 rings (SSSR count). The summed E-state index contributed by atoms with van der Waals surface area (Å²) in [5.74, 6) is 0.198. The normalized spacial score (nSPS) is 15.6. The van der Waals surface area contributed by atoms with Gasteiger partial charge in [-0.15, -0.1) is 0 Å². The summed E-state index contributed by atoms with van der Waals surface area (Å²) < 4.78 is 6.70. The summed E-state index contributed by atoms with van der Waals surface area (Å²) in [5.41, 5.74) is 2.09. The van der Waals surface area contributed by atoms with Crippen molar-refractivity contribution in [3.63, 3.8) is 0 Å². The summed E-state index contributed by atoms with van der Waals surface area (Å²) in [4.78, 5) is 36.7. The third-order valence-electron chi connectivity index (χ3n) is 4.50. The number of piperazine rings is 1. The number of pyridine rings is 1. The number of ether oxygens (including phenoxy) is 1. The second kappa shape index (κ2) is 7.82. The first-order valence-corrected chi connectivity index (χ1v) is 8.87. The molecule has 0 N–H and O–H groups in total. The Hall–Kier alpha value is -2.48. The van der Waals surface area contributed by atoms with E-state index in [1.165, 1.54) is 7.11 Å². The Kier molecular flexibility index (Phi) is 5.51. The van der Waals surface area contributed by atoms with Crippen LogP contribution in [0.25, 0.3) is 11.2 Å². The number of hydrogen-bond donors (Lipinski definition) is 0. The number of imidazole rings is 1. The van der Waals surface area contributed by atoms with E-state index >= 15 is 0 Å². The molecule has 0 aromatic carbocycles. The van der Waals surface area contributed by atoms with Crippen molar-refractivity contribution >= 4 is 23.0 Å². The third-order valence-corrected chi connectivity index (χ3v) is 4.50. The van der Waals surface area contributed by atoms with Gasteiger partial charge in [-0.3, -0.25) is 14.5 Å². The molecule has 8 nitrogen and oxygen atoms in total. The standard InChI is InChI=1S/C18H25N5O3/c1-13(2)10-23-12-20-15-8-14(9-19-17(15)23)18(25)22-6-4-21(5-7-22)11-16(24)26-3/h8-9,12-13H,4-7,10-11H2,1-3H3. The molecule has 26 heavy (non-hydrogen) atoms. The zero-order valence-corrected chi connectivity index (χ0v) is 15.5. The quantitative estimate of drug-likeness (QED) is 0.742. The zero-order chi connectivity index (χ0) is 18.7. The van der Waals surface area contributed by atoms with Gasteiger partial charge in [0.05, 0.1) is 25.5 Å². The van der Waals surface area contributed by atoms with Crippen LogP contribution in [0.3, 0.4) is 0 Å². The molecule has 2 aromatic rings. The number of nitrogens with zero attached hydrogens (tertiary/aromatic N) is 5. The lowest BCUT2D eigenvalue weighted by molar-refractivity contribution is -0.142. The molecular formula is C18H25N5O3. The van der Waals surface area contributed by atoms with Crippen LogP contribution >= 0.6 is 0 Å². The minimum Gasteiger partial charge on any atom is -0.468 e. The van der Waals surface area contributed by atoms with Gasteiger partial charge in [0, 0.05) is 38.9 Å². The maximum Gasteiger partial charge on any atom is 0.319 e. The lowest BCUT2D eigenvalue weighted by Crippen LogP contribution is -2.50. The van der Waals surface area contributed by atoms with Crippen LogP contribution in [0, 0.1) is 5.92 Å². The monoisotopic (exact) mass is 359 g/mol. The number of methoxy groups -OCH3 is 1. The topological polar surface area (TPSA) is 80.6 Å². The number of aromatic nitrogens is 3. The van der Waals surface area contributed by atoms with Crippen molar-refractivity contribution in [3.05, 3.63) is 24.2 Å². The molecule has 0 spiro atoms. The molecular weight excluding hydrogens is 334 g/mol. The fourth-order valence-electron chi connectivity index (χ4n) is 3.13. The fraction of sp³-hybridized carbons (Fsp3) is 0.556. The molecule has 3 heterocycles. The number of amides is 1. The summed E-state index contributed by atoms with van der Waals surface area (Å²) in [6.07, 6.45) is 3.40. The first-order valence-electron chi connectivity index (χ1n) is 8.87. The van der Waals surface area contributed by atoms with Crippen LogP contribution in [0.5, 0.6) is 0 Å². The number of carbonyl (C=O) groups is 2. The van der Waals surface area contributed by atoms with Crippen molar-refractivity contribution in [2.24, 2.45) is 5.92 Å². The third kappa shape index (κ3) is 4.01. The van der Waals surface area contributed by atoms with Crippen LogP contribution in [0.4, 0.5) is 0 Å². The number of rotatable bonds is 5. The zero-order valence-electron chi connectivity index (χ0n) is 15.5. The molecule has 0 radical (unpaired) electrons. The average molecular weight is 359 g/mol. The Bertz CT molecular complexity index is 793. The minimum atomic E-state index is -0.253. The SMILES string of the molecule is COC(=O)CN1CCN(C(=O)c2cnc3c(c2)ncn3CC(C)C)CC1. The lowest BCUT2D eigenvalue weighted by atomic mass is 10.2. The van der Waals surface area contributed by atoms with Gasteiger partial charge in [-0.2, -0.15) is 0 Å². The van der Waals surface area contributed by atoms with Crippen LogP contribution in [-0.2, 0) is 16.1 Å². The van der Waals surface area contributed by atoms with Gasteiger partial charge in [0.2, 0.25) is 0 Å². The lowest BCUT2D eigenvalue weighted by Gasteiger charge is -2.34. The highest BCUT2D eigenvalue weighted by Gasteiger charge is 2.24. The molecule has 1 aliphatic heterocycles. The van der Waals surface area contributed by atoms with Crippen LogP contribution in [0.15, 0.2) is 18.6 Å². The van der Waals surface area contributed by atoms with Gasteiger partial charge >= 0.3 is 5.97 Å². The highest BCUT2D eigenvalue weighted by Crippen LogP contribution is 2.16. The van der Waals surface area contributed by atoms with E-state index in [4.69, 9.17) is 0 Å². The summed E-state index contributed by atoms with van der Waals surface area (Å²) in [5, 5.41) is 0. The van der Waals surface area contributed by atoms with E-state index in [0.717, 1.165) is 17.7 Å². The Morgan fingerprint density at radius 1 is 1.19 bits per heavy atom. The first kappa shape index (κ1) is 18.3. The van der Waals surface area contributed by atoms with Crippen LogP contribution in [0.1, 0.15) is 24.2 Å². The number of fused-ring (bicyclic) bond motifs is 1. The van der Waals surface area contributed by atoms with E-state index in [1.54, 1.807) is 17.4 Å². The van der Waals surface area contributed by atoms with Crippen molar-refractivity contribution in [3.8, 4) is 0 Å². The van der Waals surface area contributed by atoms with Crippen molar-refractivity contribution in [1.29, 1.82) is 0 Å². The molecule has 0 aliphatic carbocycles. The predicted molar refractivity (Wildman–Crippen MR) is 96.7 cm³/mol. The van der Waals surface area contributed by atoms with E-state index in [1.807, 2.05) is 15.5 Å². The minimum absolute atomic E-state index is 0.0458. The van der Waals surface area contributed by atoms with Crippen LogP contribution in [0.2, 0.25) is 0 Å². The molecule has 1 saturated heterocycles. The van der Waals surface area contributed by atoms with Gasteiger partial charge in [-0.25, -0.2) is 9.97 Å². The van der Waals surface area contributed by atoms with E-state index in [0.29, 0.717) is 37.7 Å². The Morgan fingerprint density at radius 2 is 1.92 bits per heavy atom. The molecule has 8 heteroatoms. The van der Waals surface area contributed by atoms with E-state index in [-0.39, 0.29) is 18.4 Å². The molecule has 140 valence electrons. The van der Waals surface area contributed by atoms with Crippen molar-refractivity contribution in [1.82, 2.24) is 24.3 Å². The summed E-state index contributed by atoms with van der Waals surface area (Å²) >= 11 is 0. The number of hydrogen-bond acceptors (Lipinski definition) is 6. The predicted octanol–water partition coefficient (Wildman–Crippen LogP) is 1.02. The van der Waals surface area contributed by atoms with Gasteiger partial charge in [0.15, 0.2) is 5.65 Å². The Morgan fingerprint density at radius 3 is 2.58 bits per heavy atom. The van der Waals surface area contributed by atoms with Crippen molar-refractivity contribution < 1.29 is 14.3 Å². The summed E-state index contributed by atoms with van der Waals surface area (Å²) in [6.45, 7) is 7.86. The van der Waals surface area contributed by atoms with Gasteiger partial charge in [0.1, 0.15) is 5.52 Å². The molecule has 0 saturated carbocycles. The van der Waals surface area contributed by atoms with Crippen LogP contribution in [-0.4, -0.2) is 76.0 Å². The van der Waals surface area contributed by atoms with Gasteiger partial charge in [0.25, 0.3) is 5.91 Å². The second-order valence-corrected chi connectivity index (χ2v) is 7.00. The second-order valence-electron chi connectivity index (χ2n) is 7.00. The highest BCUT2D eigenvalue weighted by atomic mass is 16.5. The van der Waals surface area contributed by atoms with E-state index in [2.05, 4.69) is 28.6 Å². The average Bonchev–Trinajstić information content (AvgIpc) is 3.03. The molecule has 2 aromatic heterocycles. The smallest absolute Gasteiger partial charge is 0.319 e. The maximum atomic E-state index is 12.8. The molecule has 1 amide bonds.